The molecule has 0 saturated carbocycles. The summed E-state index contributed by atoms with van der Waals surface area (Å²) in [5.74, 6) is 1.45. The van der Waals surface area contributed by atoms with E-state index in [0.29, 0.717) is 19.0 Å². The highest BCUT2D eigenvalue weighted by molar-refractivity contribution is 14.0. The molecule has 3 aromatic rings. The Labute approximate surface area is 183 Å². The minimum atomic E-state index is 0. The number of aromatic amines is 1. The summed E-state index contributed by atoms with van der Waals surface area (Å²) in [7, 11) is 0. The van der Waals surface area contributed by atoms with Crippen LogP contribution >= 0.6 is 24.0 Å². The maximum Gasteiger partial charge on any atom is 0.213 e. The highest BCUT2D eigenvalue weighted by Crippen LogP contribution is 2.17. The molecule has 0 aliphatic heterocycles. The monoisotopic (exact) mass is 493 g/mol. The van der Waals surface area contributed by atoms with Crippen LogP contribution in [0.25, 0.3) is 10.9 Å². The number of nitrogens with one attached hydrogen (secondary N) is 3. The van der Waals surface area contributed by atoms with Crippen molar-refractivity contribution in [2.24, 2.45) is 4.99 Å². The van der Waals surface area contributed by atoms with Crippen LogP contribution in [-0.4, -0.2) is 35.6 Å². The number of hydrogen-bond donors (Lipinski definition) is 3. The minimum Gasteiger partial charge on any atom is -0.478 e. The molecule has 0 bridgehead atoms. The SMILES string of the molecule is CCNC(=NCc1ccnc(OCC)c1)NCCc1c[nH]c2ccccc12.I. The van der Waals surface area contributed by atoms with Crippen molar-refractivity contribution < 1.29 is 4.74 Å². The Hall–Kier alpha value is -2.29. The lowest BCUT2D eigenvalue weighted by Gasteiger charge is -2.11. The van der Waals surface area contributed by atoms with E-state index >= 15 is 0 Å². The van der Waals surface area contributed by atoms with E-state index in [1.54, 1.807) is 6.20 Å². The van der Waals surface area contributed by atoms with E-state index in [1.807, 2.05) is 25.1 Å². The number of nitrogens with zero attached hydrogens (tertiary/aromatic N) is 2. The van der Waals surface area contributed by atoms with Gasteiger partial charge < -0.3 is 20.4 Å². The predicted molar refractivity (Wildman–Crippen MR) is 126 cm³/mol. The first-order valence-electron chi connectivity index (χ1n) is 9.45. The molecule has 0 unspecified atom stereocenters. The molecule has 0 atom stereocenters. The number of halogens is 1. The van der Waals surface area contributed by atoms with Crippen molar-refractivity contribution in [1.29, 1.82) is 0 Å². The van der Waals surface area contributed by atoms with Crippen LogP contribution in [0, 0.1) is 0 Å². The summed E-state index contributed by atoms with van der Waals surface area (Å²) in [4.78, 5) is 12.2. The Kier molecular flexibility index (Phi) is 9.06. The van der Waals surface area contributed by atoms with Crippen molar-refractivity contribution >= 4 is 40.8 Å². The van der Waals surface area contributed by atoms with E-state index in [2.05, 4.69) is 56.9 Å². The number of H-pyrrole nitrogens is 1. The van der Waals surface area contributed by atoms with Gasteiger partial charge >= 0.3 is 0 Å². The quantitative estimate of drug-likeness (QED) is 0.253. The maximum atomic E-state index is 5.45. The highest BCUT2D eigenvalue weighted by Gasteiger charge is 2.04. The second-order valence-electron chi connectivity index (χ2n) is 6.17. The summed E-state index contributed by atoms with van der Waals surface area (Å²) in [6.45, 7) is 6.83. The number of fused-ring (bicyclic) bond motifs is 1. The van der Waals surface area contributed by atoms with Crippen LogP contribution in [0.1, 0.15) is 25.0 Å². The molecule has 7 heteroatoms. The number of aromatic nitrogens is 2. The van der Waals surface area contributed by atoms with Gasteiger partial charge in [-0.2, -0.15) is 0 Å². The third-order valence-electron chi connectivity index (χ3n) is 4.22. The third kappa shape index (κ3) is 6.12. The van der Waals surface area contributed by atoms with Crippen molar-refractivity contribution in [2.45, 2.75) is 26.8 Å². The first kappa shape index (κ1) is 22.0. The van der Waals surface area contributed by atoms with Crippen molar-refractivity contribution in [3.8, 4) is 5.88 Å². The molecular weight excluding hydrogens is 465 g/mol. The van der Waals surface area contributed by atoms with E-state index in [0.717, 1.165) is 31.0 Å². The first-order valence-corrected chi connectivity index (χ1v) is 9.45. The molecule has 28 heavy (non-hydrogen) atoms. The normalized spacial score (nSPS) is 11.1. The van der Waals surface area contributed by atoms with Gasteiger partial charge in [0.1, 0.15) is 0 Å². The molecule has 1 aromatic carbocycles. The maximum absolute atomic E-state index is 5.45. The van der Waals surface area contributed by atoms with Crippen LogP contribution in [0.2, 0.25) is 0 Å². The van der Waals surface area contributed by atoms with Gasteiger partial charge in [-0.1, -0.05) is 18.2 Å². The third-order valence-corrected chi connectivity index (χ3v) is 4.22. The number of aliphatic imine (C=N–C) groups is 1. The van der Waals surface area contributed by atoms with Crippen LogP contribution in [-0.2, 0) is 13.0 Å². The first-order chi connectivity index (χ1) is 13.3. The Bertz CT molecular complexity index is 893. The molecule has 0 spiro atoms. The van der Waals surface area contributed by atoms with Gasteiger partial charge in [0.05, 0.1) is 13.2 Å². The van der Waals surface area contributed by atoms with E-state index in [-0.39, 0.29) is 24.0 Å². The largest absolute Gasteiger partial charge is 0.478 e. The zero-order valence-electron chi connectivity index (χ0n) is 16.4. The summed E-state index contributed by atoms with van der Waals surface area (Å²) in [6.07, 6.45) is 4.77. The van der Waals surface area contributed by atoms with Gasteiger partial charge in [0.25, 0.3) is 0 Å². The minimum absolute atomic E-state index is 0. The van der Waals surface area contributed by atoms with Gasteiger partial charge in [0.15, 0.2) is 5.96 Å². The number of hydrogen-bond acceptors (Lipinski definition) is 3. The highest BCUT2D eigenvalue weighted by atomic mass is 127. The number of guanidine groups is 1. The van der Waals surface area contributed by atoms with Gasteiger partial charge in [-0.15, -0.1) is 24.0 Å². The van der Waals surface area contributed by atoms with E-state index in [4.69, 9.17) is 4.74 Å². The number of rotatable bonds is 8. The number of para-hydroxylation sites is 1. The summed E-state index contributed by atoms with van der Waals surface area (Å²) < 4.78 is 5.45. The lowest BCUT2D eigenvalue weighted by Crippen LogP contribution is -2.38. The molecule has 0 radical (unpaired) electrons. The van der Waals surface area contributed by atoms with E-state index in [1.165, 1.54) is 16.5 Å². The molecule has 6 nitrogen and oxygen atoms in total. The van der Waals surface area contributed by atoms with Crippen LogP contribution in [0.4, 0.5) is 0 Å². The molecule has 0 aliphatic rings. The van der Waals surface area contributed by atoms with Crippen LogP contribution in [0.3, 0.4) is 0 Å². The Morgan fingerprint density at radius 2 is 2.04 bits per heavy atom. The topological polar surface area (TPSA) is 74.3 Å². The molecule has 0 amide bonds. The molecular formula is C21H28IN5O. The second-order valence-corrected chi connectivity index (χ2v) is 6.17. The van der Waals surface area contributed by atoms with Crippen LogP contribution in [0.5, 0.6) is 5.88 Å². The van der Waals surface area contributed by atoms with Gasteiger partial charge in [-0.3, -0.25) is 0 Å². The van der Waals surface area contributed by atoms with E-state index in [9.17, 15) is 0 Å². The Morgan fingerprint density at radius 1 is 1.18 bits per heavy atom. The van der Waals surface area contributed by atoms with Gasteiger partial charge in [0.2, 0.25) is 5.88 Å². The average Bonchev–Trinajstić information content (AvgIpc) is 3.10. The zero-order chi connectivity index (χ0) is 18.9. The van der Waals surface area contributed by atoms with Crippen molar-refractivity contribution in [3.63, 3.8) is 0 Å². The summed E-state index contributed by atoms with van der Waals surface area (Å²) >= 11 is 0. The number of benzene rings is 1. The van der Waals surface area contributed by atoms with E-state index < -0.39 is 0 Å². The van der Waals surface area contributed by atoms with Gasteiger partial charge in [-0.05, 0) is 43.5 Å². The lowest BCUT2D eigenvalue weighted by atomic mass is 10.1. The predicted octanol–water partition coefficient (Wildman–Crippen LogP) is 3.88. The van der Waals surface area contributed by atoms with Gasteiger partial charge in [0, 0.05) is 42.5 Å². The fourth-order valence-corrected chi connectivity index (χ4v) is 2.94. The zero-order valence-corrected chi connectivity index (χ0v) is 18.7. The standard InChI is InChI=1S/C21H27N5O.HI/c1-3-22-21(26-14-16-9-11-23-20(13-16)27-4-2)24-12-10-17-15-25-19-8-6-5-7-18(17)19;/h5-9,11,13,15,25H,3-4,10,12,14H2,1-2H3,(H2,22,24,26);1H. The molecule has 3 rings (SSSR count). The lowest BCUT2D eigenvalue weighted by molar-refractivity contribution is 0.326. The Morgan fingerprint density at radius 3 is 2.86 bits per heavy atom. The molecule has 150 valence electrons. The van der Waals surface area contributed by atoms with Crippen LogP contribution < -0.4 is 15.4 Å². The molecule has 0 saturated heterocycles. The van der Waals surface area contributed by atoms with Crippen molar-refractivity contribution in [2.75, 3.05) is 19.7 Å². The molecule has 0 aliphatic carbocycles. The molecule has 3 N–H and O–H groups in total. The van der Waals surface area contributed by atoms with Crippen molar-refractivity contribution in [3.05, 3.63) is 59.9 Å². The fourth-order valence-electron chi connectivity index (χ4n) is 2.94. The average molecular weight is 493 g/mol. The number of pyridine rings is 1. The molecule has 2 heterocycles. The second kappa shape index (κ2) is 11.5. The van der Waals surface area contributed by atoms with Gasteiger partial charge in [-0.25, -0.2) is 9.98 Å². The fraction of sp³-hybridized carbons (Fsp3) is 0.333. The smallest absolute Gasteiger partial charge is 0.213 e. The van der Waals surface area contributed by atoms with Crippen LogP contribution in [0.15, 0.2) is 53.8 Å². The summed E-state index contributed by atoms with van der Waals surface area (Å²) in [5, 5.41) is 7.99. The summed E-state index contributed by atoms with van der Waals surface area (Å²) in [5.41, 5.74) is 3.56. The number of ether oxygens (including phenoxy) is 1. The van der Waals surface area contributed by atoms with Crippen molar-refractivity contribution in [1.82, 2.24) is 20.6 Å². The molecule has 2 aromatic heterocycles. The molecule has 0 fully saturated rings. The Balaban J connectivity index is 0.00000280. The summed E-state index contributed by atoms with van der Waals surface area (Å²) in [6, 6.07) is 12.3.